The van der Waals surface area contributed by atoms with Crippen LogP contribution in [-0.4, -0.2) is 16.7 Å². The van der Waals surface area contributed by atoms with Gasteiger partial charge in [-0.25, -0.2) is 15.0 Å². The molecule has 11 rings (SSSR count). The molecule has 1 N–H and O–H groups in total. The molecule has 6 nitrogen and oxygen atoms in total. The quantitative estimate of drug-likeness (QED) is 0.202. The van der Waals surface area contributed by atoms with Crippen molar-refractivity contribution in [3.63, 3.8) is 0 Å². The van der Waals surface area contributed by atoms with Crippen molar-refractivity contribution in [3.8, 4) is 11.1 Å². The van der Waals surface area contributed by atoms with Gasteiger partial charge in [0.05, 0.1) is 10.9 Å². The Labute approximate surface area is 297 Å². The lowest BCUT2D eigenvalue weighted by Crippen LogP contribution is -2.34. The molecule has 3 aromatic heterocycles. The first-order valence-electron chi connectivity index (χ1n) is 17.4. The summed E-state index contributed by atoms with van der Waals surface area (Å²) in [5.74, 6) is 1.39. The van der Waals surface area contributed by atoms with Crippen LogP contribution < -0.4 is 5.32 Å². The average Bonchev–Trinajstić information content (AvgIpc) is 3.77. The molecule has 52 heavy (non-hydrogen) atoms. The molecule has 0 saturated heterocycles. The number of aromatic nitrogens is 1. The number of amidine groups is 2. The van der Waals surface area contributed by atoms with Gasteiger partial charge in [0.15, 0.2) is 11.4 Å². The molecule has 0 radical (unpaired) electrons. The lowest BCUT2D eigenvalue weighted by molar-refractivity contribution is 0.662. The Morgan fingerprint density at radius 2 is 1.17 bits per heavy atom. The van der Waals surface area contributed by atoms with Gasteiger partial charge in [0.25, 0.3) is 0 Å². The highest BCUT2D eigenvalue weighted by Gasteiger charge is 2.27. The number of aliphatic imine (C=N–C) groups is 2. The van der Waals surface area contributed by atoms with E-state index in [4.69, 9.17) is 23.8 Å². The normalized spacial score (nSPS) is 14.7. The van der Waals surface area contributed by atoms with Gasteiger partial charge in [0.2, 0.25) is 0 Å². The summed E-state index contributed by atoms with van der Waals surface area (Å²) in [5.41, 5.74) is 9.95. The maximum Gasteiger partial charge on any atom is 0.159 e. The molecule has 0 saturated carbocycles. The summed E-state index contributed by atoms with van der Waals surface area (Å²) in [5, 5.41) is 10.1. The molecule has 0 bridgehead atoms. The minimum absolute atomic E-state index is 0.440. The zero-order valence-electron chi connectivity index (χ0n) is 27.7. The minimum atomic E-state index is -0.440. The van der Waals surface area contributed by atoms with Crippen molar-refractivity contribution in [1.82, 2.24) is 10.3 Å². The Morgan fingerprint density at radius 1 is 0.500 bits per heavy atom. The molecule has 0 fully saturated rings. The largest absolute Gasteiger partial charge is 0.456 e. The lowest BCUT2D eigenvalue weighted by atomic mass is 9.92. The Balaban J connectivity index is 1.17. The third-order valence-electron chi connectivity index (χ3n) is 10.1. The second-order valence-electron chi connectivity index (χ2n) is 13.2. The van der Waals surface area contributed by atoms with Crippen LogP contribution in [0.25, 0.3) is 76.8 Å². The van der Waals surface area contributed by atoms with Crippen molar-refractivity contribution in [2.24, 2.45) is 9.98 Å². The monoisotopic (exact) mass is 668 g/mol. The van der Waals surface area contributed by atoms with E-state index in [2.05, 4.69) is 90.2 Å². The predicted molar refractivity (Wildman–Crippen MR) is 211 cm³/mol. The third-order valence-corrected chi connectivity index (χ3v) is 10.1. The van der Waals surface area contributed by atoms with Gasteiger partial charge in [-0.05, 0) is 64.4 Å². The number of benzene rings is 7. The summed E-state index contributed by atoms with van der Waals surface area (Å²) in [6, 6.07) is 54.0. The summed E-state index contributed by atoms with van der Waals surface area (Å²) in [7, 11) is 0. The molecule has 1 atom stereocenters. The van der Waals surface area contributed by atoms with Crippen LogP contribution in [0, 0.1) is 0 Å². The van der Waals surface area contributed by atoms with Crippen molar-refractivity contribution in [3.05, 3.63) is 174 Å². The molecular formula is C46H28N4O2. The van der Waals surface area contributed by atoms with Gasteiger partial charge in [-0.1, -0.05) is 115 Å². The summed E-state index contributed by atoms with van der Waals surface area (Å²) < 4.78 is 12.8. The number of furan rings is 2. The highest BCUT2D eigenvalue weighted by Crippen LogP contribution is 2.41. The molecule has 1 aliphatic heterocycles. The molecule has 4 heterocycles. The van der Waals surface area contributed by atoms with Gasteiger partial charge in [-0.2, -0.15) is 0 Å². The third kappa shape index (κ3) is 4.48. The van der Waals surface area contributed by atoms with Crippen LogP contribution in [-0.2, 0) is 0 Å². The molecule has 1 unspecified atom stereocenters. The summed E-state index contributed by atoms with van der Waals surface area (Å²) in [6.45, 7) is 0. The fourth-order valence-electron chi connectivity index (χ4n) is 7.71. The number of para-hydroxylation sites is 2. The maximum atomic E-state index is 6.48. The van der Waals surface area contributed by atoms with Gasteiger partial charge < -0.3 is 14.2 Å². The fraction of sp³-hybridized carbons (Fsp3) is 0.0217. The van der Waals surface area contributed by atoms with E-state index in [1.165, 1.54) is 0 Å². The summed E-state index contributed by atoms with van der Waals surface area (Å²) >= 11 is 0. The van der Waals surface area contributed by atoms with Crippen LogP contribution in [0.4, 0.5) is 0 Å². The van der Waals surface area contributed by atoms with Crippen LogP contribution in [0.15, 0.2) is 177 Å². The average molecular weight is 669 g/mol. The number of rotatable bonds is 4. The van der Waals surface area contributed by atoms with E-state index < -0.39 is 6.17 Å². The molecule has 7 aromatic carbocycles. The summed E-state index contributed by atoms with van der Waals surface area (Å²) in [6.07, 6.45) is -0.440. The summed E-state index contributed by atoms with van der Waals surface area (Å²) in [4.78, 5) is 15.7. The molecular weight excluding hydrogens is 641 g/mol. The maximum absolute atomic E-state index is 6.48. The molecule has 1 aliphatic rings. The molecule has 0 aliphatic carbocycles. The van der Waals surface area contributed by atoms with E-state index >= 15 is 0 Å². The van der Waals surface area contributed by atoms with Crippen molar-refractivity contribution < 1.29 is 8.83 Å². The van der Waals surface area contributed by atoms with Crippen molar-refractivity contribution in [2.75, 3.05) is 0 Å². The Bertz CT molecular complexity index is 3120. The van der Waals surface area contributed by atoms with E-state index in [0.717, 1.165) is 99.3 Å². The standard InChI is InChI=1S/C46H28N4O2/c1-2-12-27(13-3-1)44-48-45(33-19-11-22-38-41(33)32-17-7-9-21-37(32)51-38)50-46(49-44)35-25-29-15-5-4-14-28(29)24-34(35)31-18-10-23-39-42(31)43-40(52-39)26-30-16-6-8-20-36(30)47-43/h1-26,45H,(H,48,49,50). The van der Waals surface area contributed by atoms with Crippen LogP contribution in [0.3, 0.4) is 0 Å². The second kappa shape index (κ2) is 11.2. The van der Waals surface area contributed by atoms with E-state index in [1.807, 2.05) is 72.8 Å². The van der Waals surface area contributed by atoms with Gasteiger partial charge in [-0.3, -0.25) is 0 Å². The number of pyridine rings is 1. The van der Waals surface area contributed by atoms with Gasteiger partial charge in [-0.15, -0.1) is 0 Å². The first-order valence-corrected chi connectivity index (χ1v) is 17.4. The van der Waals surface area contributed by atoms with Crippen LogP contribution in [0.1, 0.15) is 22.9 Å². The van der Waals surface area contributed by atoms with Crippen molar-refractivity contribution in [2.45, 2.75) is 6.17 Å². The zero-order chi connectivity index (χ0) is 34.2. The number of nitrogens with one attached hydrogen (secondary N) is 1. The number of fused-ring (bicyclic) bond motifs is 8. The van der Waals surface area contributed by atoms with E-state index in [9.17, 15) is 0 Å². The van der Waals surface area contributed by atoms with Gasteiger partial charge in [0.1, 0.15) is 34.3 Å². The van der Waals surface area contributed by atoms with Crippen LogP contribution in [0.2, 0.25) is 0 Å². The van der Waals surface area contributed by atoms with Crippen LogP contribution >= 0.6 is 0 Å². The van der Waals surface area contributed by atoms with Gasteiger partial charge in [0, 0.05) is 32.8 Å². The Hall–Kier alpha value is -7.05. The molecule has 0 amide bonds. The van der Waals surface area contributed by atoms with E-state index in [1.54, 1.807) is 0 Å². The minimum Gasteiger partial charge on any atom is -0.456 e. The van der Waals surface area contributed by atoms with E-state index in [0.29, 0.717) is 5.84 Å². The van der Waals surface area contributed by atoms with Crippen molar-refractivity contribution >= 4 is 77.4 Å². The highest BCUT2D eigenvalue weighted by atomic mass is 16.3. The zero-order valence-corrected chi connectivity index (χ0v) is 27.7. The molecule has 0 spiro atoms. The number of hydrogen-bond acceptors (Lipinski definition) is 6. The highest BCUT2D eigenvalue weighted by molar-refractivity contribution is 6.20. The molecule has 10 aromatic rings. The first kappa shape index (κ1) is 28.8. The predicted octanol–water partition coefficient (Wildman–Crippen LogP) is 11.3. The second-order valence-corrected chi connectivity index (χ2v) is 13.2. The number of nitrogens with zero attached hydrogens (tertiary/aromatic N) is 3. The topological polar surface area (TPSA) is 75.9 Å². The SMILES string of the molecule is c1ccc(C2=NC(c3cccc4oc5ccccc5c34)NC(c3cc4ccccc4cc3-c3cccc4oc5cc6ccccc6nc5c34)=N2)cc1. The molecule has 244 valence electrons. The van der Waals surface area contributed by atoms with E-state index in [-0.39, 0.29) is 0 Å². The fourth-order valence-corrected chi connectivity index (χ4v) is 7.71. The van der Waals surface area contributed by atoms with Gasteiger partial charge >= 0.3 is 0 Å². The Morgan fingerprint density at radius 3 is 2.04 bits per heavy atom. The lowest BCUT2D eigenvalue weighted by Gasteiger charge is -2.25. The van der Waals surface area contributed by atoms with Crippen molar-refractivity contribution in [1.29, 1.82) is 0 Å². The Kier molecular flexibility index (Phi) is 6.21. The van der Waals surface area contributed by atoms with Crippen LogP contribution in [0.5, 0.6) is 0 Å². The first-order chi connectivity index (χ1) is 25.7. The smallest absolute Gasteiger partial charge is 0.159 e. The molecule has 6 heteroatoms. The number of hydrogen-bond donors (Lipinski definition) is 1.